The highest BCUT2D eigenvalue weighted by Gasteiger charge is 2.13. The highest BCUT2D eigenvalue weighted by atomic mass is 35.5. The van der Waals surface area contributed by atoms with E-state index in [0.717, 1.165) is 23.5 Å². The first-order chi connectivity index (χ1) is 8.90. The molecule has 19 heavy (non-hydrogen) atoms. The Morgan fingerprint density at radius 3 is 2.21 bits per heavy atom. The van der Waals surface area contributed by atoms with Crippen LogP contribution in [0.15, 0.2) is 30.3 Å². The third kappa shape index (κ3) is 3.32. The zero-order valence-corrected chi connectivity index (χ0v) is 12.6. The van der Waals surface area contributed by atoms with Gasteiger partial charge < -0.3 is 0 Å². The van der Waals surface area contributed by atoms with Gasteiger partial charge in [-0.2, -0.15) is 0 Å². The van der Waals surface area contributed by atoms with Gasteiger partial charge in [0.05, 0.1) is 5.69 Å². The van der Waals surface area contributed by atoms with E-state index in [1.54, 1.807) is 0 Å². The number of hydrogen-bond acceptors (Lipinski definition) is 2. The average Bonchev–Trinajstić information content (AvgIpc) is 2.37. The highest BCUT2D eigenvalue weighted by molar-refractivity contribution is 6.29. The van der Waals surface area contributed by atoms with Crippen LogP contribution in [0.4, 0.5) is 0 Å². The van der Waals surface area contributed by atoms with Crippen LogP contribution in [0, 0.1) is 0 Å². The third-order valence-corrected chi connectivity index (χ3v) is 3.30. The van der Waals surface area contributed by atoms with E-state index in [-0.39, 0.29) is 5.41 Å². The Morgan fingerprint density at radius 1 is 1.05 bits per heavy atom. The first-order valence-corrected chi connectivity index (χ1v) is 6.92. The van der Waals surface area contributed by atoms with Gasteiger partial charge in [-0.25, -0.2) is 9.97 Å². The molecule has 0 aliphatic heterocycles. The molecule has 0 atom stereocenters. The summed E-state index contributed by atoms with van der Waals surface area (Å²) in [5.74, 6) is 0.780. The number of rotatable bonds is 2. The van der Waals surface area contributed by atoms with Crippen molar-refractivity contribution in [1.29, 1.82) is 0 Å². The minimum Gasteiger partial charge on any atom is -0.233 e. The second-order valence-electron chi connectivity index (χ2n) is 5.67. The summed E-state index contributed by atoms with van der Waals surface area (Å²) in [6, 6.07) is 10.3. The second kappa shape index (κ2) is 5.30. The van der Waals surface area contributed by atoms with Crippen LogP contribution in [-0.2, 0) is 11.8 Å². The van der Waals surface area contributed by atoms with E-state index >= 15 is 0 Å². The molecule has 2 aromatic rings. The lowest BCUT2D eigenvalue weighted by atomic mass is 9.86. The monoisotopic (exact) mass is 274 g/mol. The van der Waals surface area contributed by atoms with Crippen molar-refractivity contribution in [2.24, 2.45) is 0 Å². The minimum atomic E-state index is 0.163. The van der Waals surface area contributed by atoms with Crippen molar-refractivity contribution < 1.29 is 0 Å². The van der Waals surface area contributed by atoms with Crippen LogP contribution in [-0.4, -0.2) is 9.97 Å². The molecular weight excluding hydrogens is 256 g/mol. The van der Waals surface area contributed by atoms with Crippen molar-refractivity contribution in [1.82, 2.24) is 9.97 Å². The fourth-order valence-electron chi connectivity index (χ4n) is 1.91. The molecule has 1 aromatic heterocycles. The Balaban J connectivity index is 2.40. The van der Waals surface area contributed by atoms with Gasteiger partial charge in [0.15, 0.2) is 0 Å². The lowest BCUT2D eigenvalue weighted by Crippen LogP contribution is -2.10. The lowest BCUT2D eigenvalue weighted by Gasteiger charge is -2.19. The molecule has 0 aliphatic carbocycles. The molecule has 0 aliphatic rings. The summed E-state index contributed by atoms with van der Waals surface area (Å²) in [4.78, 5) is 8.71. The molecule has 100 valence electrons. The number of halogens is 1. The summed E-state index contributed by atoms with van der Waals surface area (Å²) in [5.41, 5.74) is 3.44. The largest absolute Gasteiger partial charge is 0.233 e. The van der Waals surface area contributed by atoms with E-state index in [2.05, 4.69) is 55.0 Å². The number of hydrogen-bond donors (Lipinski definition) is 0. The maximum absolute atomic E-state index is 6.03. The van der Waals surface area contributed by atoms with E-state index in [4.69, 9.17) is 11.6 Å². The number of aryl methyl sites for hydroxylation is 1. The Kier molecular flexibility index (Phi) is 3.91. The number of benzene rings is 1. The van der Waals surface area contributed by atoms with Crippen LogP contribution >= 0.6 is 11.6 Å². The summed E-state index contributed by atoms with van der Waals surface area (Å²) in [6.45, 7) is 8.65. The van der Waals surface area contributed by atoms with Crippen molar-refractivity contribution >= 4 is 11.6 Å². The molecule has 0 amide bonds. The Hall–Kier alpha value is -1.41. The van der Waals surface area contributed by atoms with E-state index < -0.39 is 0 Å². The standard InChI is InChI=1S/C16H19ClN2/c1-5-15-18-13(10-14(17)19-15)11-6-8-12(9-7-11)16(2,3)4/h6-10H,5H2,1-4H3. The van der Waals surface area contributed by atoms with Gasteiger partial charge in [-0.1, -0.05) is 63.6 Å². The molecule has 0 N–H and O–H groups in total. The Morgan fingerprint density at radius 2 is 1.68 bits per heavy atom. The number of nitrogens with zero attached hydrogens (tertiary/aromatic N) is 2. The first kappa shape index (κ1) is 14.0. The van der Waals surface area contributed by atoms with Gasteiger partial charge in [0.2, 0.25) is 0 Å². The van der Waals surface area contributed by atoms with Gasteiger partial charge >= 0.3 is 0 Å². The molecule has 1 heterocycles. The Bertz CT molecular complexity index is 568. The topological polar surface area (TPSA) is 25.8 Å². The quantitative estimate of drug-likeness (QED) is 0.745. The second-order valence-corrected chi connectivity index (χ2v) is 6.06. The van der Waals surface area contributed by atoms with E-state index in [1.807, 2.05) is 13.0 Å². The van der Waals surface area contributed by atoms with Crippen molar-refractivity contribution in [3.63, 3.8) is 0 Å². The lowest BCUT2D eigenvalue weighted by molar-refractivity contribution is 0.590. The molecule has 1 aromatic carbocycles. The van der Waals surface area contributed by atoms with Crippen LogP contribution < -0.4 is 0 Å². The molecule has 0 unspecified atom stereocenters. The number of aromatic nitrogens is 2. The maximum Gasteiger partial charge on any atom is 0.133 e. The van der Waals surface area contributed by atoms with E-state index in [1.165, 1.54) is 5.56 Å². The smallest absolute Gasteiger partial charge is 0.133 e. The van der Waals surface area contributed by atoms with Crippen molar-refractivity contribution in [2.75, 3.05) is 0 Å². The molecule has 2 rings (SSSR count). The summed E-state index contributed by atoms with van der Waals surface area (Å²) in [7, 11) is 0. The maximum atomic E-state index is 6.03. The first-order valence-electron chi connectivity index (χ1n) is 6.54. The fourth-order valence-corrected chi connectivity index (χ4v) is 2.11. The molecule has 0 fully saturated rings. The van der Waals surface area contributed by atoms with Gasteiger partial charge in [-0.05, 0) is 11.0 Å². The Labute approximate surface area is 119 Å². The van der Waals surface area contributed by atoms with Crippen molar-refractivity contribution in [3.05, 3.63) is 46.9 Å². The van der Waals surface area contributed by atoms with Crippen LogP contribution in [0.1, 0.15) is 39.1 Å². The highest BCUT2D eigenvalue weighted by Crippen LogP contribution is 2.26. The van der Waals surface area contributed by atoms with E-state index in [0.29, 0.717) is 5.15 Å². The van der Waals surface area contributed by atoms with Crippen LogP contribution in [0.3, 0.4) is 0 Å². The summed E-state index contributed by atoms with van der Waals surface area (Å²) in [5, 5.41) is 0.502. The third-order valence-electron chi connectivity index (χ3n) is 3.10. The molecular formula is C16H19ClN2. The molecule has 0 saturated carbocycles. The molecule has 3 heteroatoms. The summed E-state index contributed by atoms with van der Waals surface area (Å²) >= 11 is 6.03. The van der Waals surface area contributed by atoms with Gasteiger partial charge in [0.25, 0.3) is 0 Å². The zero-order chi connectivity index (χ0) is 14.0. The fraction of sp³-hybridized carbons (Fsp3) is 0.375. The molecule has 0 bridgehead atoms. The molecule has 2 nitrogen and oxygen atoms in total. The van der Waals surface area contributed by atoms with Gasteiger partial charge in [-0.15, -0.1) is 0 Å². The van der Waals surface area contributed by atoms with Gasteiger partial charge in [0.1, 0.15) is 11.0 Å². The van der Waals surface area contributed by atoms with Gasteiger partial charge in [-0.3, -0.25) is 0 Å². The van der Waals surface area contributed by atoms with Crippen LogP contribution in [0.5, 0.6) is 0 Å². The van der Waals surface area contributed by atoms with Crippen molar-refractivity contribution in [3.8, 4) is 11.3 Å². The molecule has 0 radical (unpaired) electrons. The van der Waals surface area contributed by atoms with Crippen LogP contribution in [0.25, 0.3) is 11.3 Å². The molecule has 0 saturated heterocycles. The zero-order valence-electron chi connectivity index (χ0n) is 11.9. The summed E-state index contributed by atoms with van der Waals surface area (Å²) < 4.78 is 0. The predicted octanol–water partition coefficient (Wildman–Crippen LogP) is 4.66. The van der Waals surface area contributed by atoms with Crippen LogP contribution in [0.2, 0.25) is 5.15 Å². The van der Waals surface area contributed by atoms with E-state index in [9.17, 15) is 0 Å². The predicted molar refractivity (Wildman–Crippen MR) is 80.6 cm³/mol. The average molecular weight is 275 g/mol. The SMILES string of the molecule is CCc1nc(Cl)cc(-c2ccc(C(C)(C)C)cc2)n1. The summed E-state index contributed by atoms with van der Waals surface area (Å²) in [6.07, 6.45) is 0.785. The minimum absolute atomic E-state index is 0.163. The molecule has 0 spiro atoms. The van der Waals surface area contributed by atoms with Gasteiger partial charge in [0, 0.05) is 18.1 Å². The van der Waals surface area contributed by atoms with Crippen molar-refractivity contribution in [2.45, 2.75) is 39.5 Å². The normalized spacial score (nSPS) is 11.6.